The fraction of sp³-hybridized carbons (Fsp3) is 0.964. The van der Waals surface area contributed by atoms with Crippen LogP contribution in [0.3, 0.4) is 0 Å². The summed E-state index contributed by atoms with van der Waals surface area (Å²) in [7, 11) is 0. The maximum atomic E-state index is 11.6. The lowest BCUT2D eigenvalue weighted by atomic mass is 9.44. The summed E-state index contributed by atoms with van der Waals surface area (Å²) < 4.78 is 0. The molecule has 9 atom stereocenters. The zero-order valence-electron chi connectivity index (χ0n) is 20.5. The smallest absolute Gasteiger partial charge is 0.306 e. The molecular formula is C28H48O2. The number of carbonyl (C=O) groups is 1. The van der Waals surface area contributed by atoms with Crippen LogP contribution in [0.2, 0.25) is 0 Å². The van der Waals surface area contributed by atoms with Crippen molar-refractivity contribution >= 4 is 5.97 Å². The largest absolute Gasteiger partial charge is 0.481 e. The minimum absolute atomic E-state index is 0.0731. The molecule has 172 valence electrons. The first kappa shape index (κ1) is 22.7. The third-order valence-corrected chi connectivity index (χ3v) is 11.2. The van der Waals surface area contributed by atoms with E-state index in [0.717, 1.165) is 54.8 Å². The molecule has 0 aromatic rings. The second kappa shape index (κ2) is 8.43. The van der Waals surface area contributed by atoms with Crippen molar-refractivity contribution in [3.8, 4) is 0 Å². The minimum atomic E-state index is -0.541. The van der Waals surface area contributed by atoms with Crippen molar-refractivity contribution in [2.45, 2.75) is 112 Å². The number of aliphatic carboxylic acids is 1. The molecule has 0 aliphatic heterocycles. The van der Waals surface area contributed by atoms with Crippen molar-refractivity contribution in [1.82, 2.24) is 0 Å². The number of fused-ring (bicyclic) bond motifs is 5. The number of hydrogen-bond acceptors (Lipinski definition) is 1. The molecule has 1 N–H and O–H groups in total. The number of rotatable bonds is 6. The molecule has 4 rings (SSSR count). The van der Waals surface area contributed by atoms with Gasteiger partial charge in [-0.2, -0.15) is 0 Å². The Balaban J connectivity index is 1.45. The molecule has 0 aromatic heterocycles. The van der Waals surface area contributed by atoms with E-state index in [-0.39, 0.29) is 5.92 Å². The van der Waals surface area contributed by atoms with Crippen LogP contribution in [0.15, 0.2) is 0 Å². The third kappa shape index (κ3) is 3.77. The van der Waals surface area contributed by atoms with Gasteiger partial charge in [0.1, 0.15) is 0 Å². The molecule has 2 nitrogen and oxygen atoms in total. The van der Waals surface area contributed by atoms with Crippen LogP contribution in [0, 0.1) is 58.2 Å². The Kier molecular flexibility index (Phi) is 6.37. The summed E-state index contributed by atoms with van der Waals surface area (Å²) in [6.45, 7) is 12.5. The van der Waals surface area contributed by atoms with Crippen molar-refractivity contribution < 1.29 is 9.90 Å². The Morgan fingerprint density at radius 1 is 0.900 bits per heavy atom. The van der Waals surface area contributed by atoms with Crippen LogP contribution in [-0.2, 0) is 4.79 Å². The average molecular weight is 417 g/mol. The average Bonchev–Trinajstić information content (AvgIpc) is 3.04. The van der Waals surface area contributed by atoms with Crippen LogP contribution in [0.25, 0.3) is 0 Å². The van der Waals surface area contributed by atoms with E-state index in [1.165, 1.54) is 57.8 Å². The van der Waals surface area contributed by atoms with Crippen molar-refractivity contribution in [3.63, 3.8) is 0 Å². The lowest BCUT2D eigenvalue weighted by Crippen LogP contribution is -2.54. The van der Waals surface area contributed by atoms with Crippen LogP contribution in [0.5, 0.6) is 0 Å². The highest BCUT2D eigenvalue weighted by molar-refractivity contribution is 5.70. The van der Waals surface area contributed by atoms with E-state index in [2.05, 4.69) is 34.6 Å². The van der Waals surface area contributed by atoms with Crippen molar-refractivity contribution in [2.75, 3.05) is 0 Å². The maximum Gasteiger partial charge on any atom is 0.306 e. The molecule has 0 heterocycles. The fourth-order valence-electron chi connectivity index (χ4n) is 9.51. The zero-order chi connectivity index (χ0) is 21.7. The lowest BCUT2D eigenvalue weighted by molar-refractivity contribution is -0.152. The van der Waals surface area contributed by atoms with E-state index in [9.17, 15) is 9.90 Å². The molecular weight excluding hydrogens is 368 g/mol. The standard InChI is InChI=1S/C28H48O2/c1-18(2)7-6-8-19(3)23-11-12-24-22-10-9-21-17-20(26(29)30)13-15-27(21,4)25(22)14-16-28(23,24)5/h18-25H,6-17H2,1-5H3,(H,29,30)/t19-,20-,21+,22+,23+,24-,25+,27+,28+/m1/s1. The normalized spacial score (nSPS) is 46.7. The summed E-state index contributed by atoms with van der Waals surface area (Å²) in [5, 5.41) is 9.57. The molecule has 30 heavy (non-hydrogen) atoms. The molecule has 4 saturated carbocycles. The first-order valence-electron chi connectivity index (χ1n) is 13.4. The highest BCUT2D eigenvalue weighted by Gasteiger charge is 2.60. The SMILES string of the molecule is CC(C)CCC[C@@H](C)[C@@H]1CC[C@@H]2[C@@H]3CC[C@H]4C[C@H](C(=O)O)CC[C@]4(C)[C@H]3CC[C@]21C. The monoisotopic (exact) mass is 416 g/mol. The van der Waals surface area contributed by atoms with Gasteiger partial charge in [-0.25, -0.2) is 0 Å². The van der Waals surface area contributed by atoms with Gasteiger partial charge in [0.25, 0.3) is 0 Å². The Morgan fingerprint density at radius 2 is 1.60 bits per heavy atom. The van der Waals surface area contributed by atoms with Crippen LogP contribution in [0.1, 0.15) is 112 Å². The van der Waals surface area contributed by atoms with Gasteiger partial charge in [-0.1, -0.05) is 53.9 Å². The Hall–Kier alpha value is -0.530. The van der Waals surface area contributed by atoms with Gasteiger partial charge in [0.2, 0.25) is 0 Å². The molecule has 0 aromatic carbocycles. The molecule has 2 heteroatoms. The van der Waals surface area contributed by atoms with E-state index in [0.29, 0.717) is 16.7 Å². The topological polar surface area (TPSA) is 37.3 Å². The van der Waals surface area contributed by atoms with E-state index in [1.54, 1.807) is 0 Å². The second-order valence-electron chi connectivity index (χ2n) is 13.0. The van der Waals surface area contributed by atoms with Gasteiger partial charge in [0, 0.05) is 0 Å². The van der Waals surface area contributed by atoms with Gasteiger partial charge >= 0.3 is 5.97 Å². The van der Waals surface area contributed by atoms with E-state index >= 15 is 0 Å². The fourth-order valence-corrected chi connectivity index (χ4v) is 9.51. The molecule has 0 saturated heterocycles. The lowest BCUT2D eigenvalue weighted by Gasteiger charge is -2.61. The second-order valence-corrected chi connectivity index (χ2v) is 13.0. The molecule has 0 amide bonds. The first-order chi connectivity index (χ1) is 14.2. The molecule has 0 radical (unpaired) electrons. The molecule has 0 unspecified atom stereocenters. The van der Waals surface area contributed by atoms with Crippen LogP contribution in [0.4, 0.5) is 0 Å². The Morgan fingerprint density at radius 3 is 2.30 bits per heavy atom. The van der Waals surface area contributed by atoms with Crippen molar-refractivity contribution in [1.29, 1.82) is 0 Å². The molecule has 4 aliphatic carbocycles. The predicted octanol–water partition coefficient (Wildman–Crippen LogP) is 7.81. The van der Waals surface area contributed by atoms with Gasteiger partial charge in [-0.3, -0.25) is 4.79 Å². The summed E-state index contributed by atoms with van der Waals surface area (Å²) in [6, 6.07) is 0. The van der Waals surface area contributed by atoms with Gasteiger partial charge in [-0.05, 0) is 110 Å². The van der Waals surface area contributed by atoms with Gasteiger partial charge in [0.05, 0.1) is 5.92 Å². The van der Waals surface area contributed by atoms with Gasteiger partial charge < -0.3 is 5.11 Å². The Bertz CT molecular complexity index is 626. The summed E-state index contributed by atoms with van der Waals surface area (Å²) >= 11 is 0. The molecule has 4 fully saturated rings. The quantitative estimate of drug-likeness (QED) is 0.479. The van der Waals surface area contributed by atoms with Crippen molar-refractivity contribution in [2.24, 2.45) is 58.2 Å². The predicted molar refractivity (Wildman–Crippen MR) is 124 cm³/mol. The number of hydrogen-bond donors (Lipinski definition) is 1. The molecule has 4 aliphatic rings. The molecule has 0 spiro atoms. The minimum Gasteiger partial charge on any atom is -0.481 e. The summed E-state index contributed by atoms with van der Waals surface area (Å²) in [5.74, 6) is 5.41. The number of carboxylic acid groups (broad SMARTS) is 1. The van der Waals surface area contributed by atoms with E-state index < -0.39 is 5.97 Å². The van der Waals surface area contributed by atoms with E-state index in [4.69, 9.17) is 0 Å². The third-order valence-electron chi connectivity index (χ3n) is 11.2. The van der Waals surface area contributed by atoms with Crippen LogP contribution < -0.4 is 0 Å². The van der Waals surface area contributed by atoms with Crippen molar-refractivity contribution in [3.05, 3.63) is 0 Å². The van der Waals surface area contributed by atoms with Crippen LogP contribution in [-0.4, -0.2) is 11.1 Å². The zero-order valence-corrected chi connectivity index (χ0v) is 20.5. The highest BCUT2D eigenvalue weighted by atomic mass is 16.4. The summed E-state index contributed by atoms with van der Waals surface area (Å²) in [4.78, 5) is 11.6. The maximum absolute atomic E-state index is 11.6. The van der Waals surface area contributed by atoms with Gasteiger partial charge in [-0.15, -0.1) is 0 Å². The van der Waals surface area contributed by atoms with Crippen LogP contribution >= 0.6 is 0 Å². The summed E-state index contributed by atoms with van der Waals surface area (Å²) in [6.07, 6.45) is 15.7. The number of carboxylic acids is 1. The first-order valence-corrected chi connectivity index (χ1v) is 13.4. The Labute approximate surface area is 186 Å². The van der Waals surface area contributed by atoms with Gasteiger partial charge in [0.15, 0.2) is 0 Å². The summed E-state index contributed by atoms with van der Waals surface area (Å²) in [5.41, 5.74) is 0.983. The molecule has 0 bridgehead atoms. The van der Waals surface area contributed by atoms with E-state index in [1.807, 2.05) is 0 Å². The highest BCUT2D eigenvalue weighted by Crippen LogP contribution is 2.68.